The van der Waals surface area contributed by atoms with Crippen LogP contribution in [0.4, 0.5) is 0 Å². The lowest BCUT2D eigenvalue weighted by Gasteiger charge is -2.34. The summed E-state index contributed by atoms with van der Waals surface area (Å²) in [7, 11) is 1.94. The average Bonchev–Trinajstić information content (AvgIpc) is 2.83. The highest BCUT2D eigenvalue weighted by Crippen LogP contribution is 2.32. The zero-order chi connectivity index (χ0) is 22.7. The lowest BCUT2D eigenvalue weighted by molar-refractivity contribution is 0.0680. The number of halogens is 1. The third-order valence-corrected chi connectivity index (χ3v) is 7.21. The number of nitrogens with zero attached hydrogens (tertiary/aromatic N) is 3. The predicted molar refractivity (Wildman–Crippen MR) is 127 cm³/mol. The standard InChI is InChI=1S/C26H32ClN3O2/c1-18-11-12-23(26(32)29(2)22-9-4-3-5-10-22)24(28-18)19-13-15-30(16-14-19)25(31)20-7-6-8-21(27)17-20/h6-8,11-12,17,19,22H,3-5,9-10,13-16H2,1-2H3. The van der Waals surface area contributed by atoms with E-state index < -0.39 is 0 Å². The molecule has 4 rings (SSSR count). The van der Waals surface area contributed by atoms with E-state index >= 15 is 0 Å². The van der Waals surface area contributed by atoms with E-state index in [1.54, 1.807) is 24.3 Å². The molecular weight excluding hydrogens is 422 g/mol. The molecule has 1 aliphatic heterocycles. The molecule has 2 amide bonds. The van der Waals surface area contributed by atoms with Gasteiger partial charge in [0.1, 0.15) is 0 Å². The Kier molecular flexibility index (Phi) is 7.14. The minimum atomic E-state index is 0.0106. The molecule has 5 nitrogen and oxygen atoms in total. The monoisotopic (exact) mass is 453 g/mol. The largest absolute Gasteiger partial charge is 0.339 e. The number of hydrogen-bond acceptors (Lipinski definition) is 3. The van der Waals surface area contributed by atoms with E-state index in [1.165, 1.54) is 19.3 Å². The quantitative estimate of drug-likeness (QED) is 0.616. The van der Waals surface area contributed by atoms with Gasteiger partial charge in [-0.25, -0.2) is 0 Å². The number of hydrogen-bond donors (Lipinski definition) is 0. The normalized spacial score (nSPS) is 17.9. The molecule has 2 fully saturated rings. The van der Waals surface area contributed by atoms with Gasteiger partial charge < -0.3 is 9.80 Å². The fourth-order valence-electron chi connectivity index (χ4n) is 5.05. The first kappa shape index (κ1) is 22.8. The lowest BCUT2D eigenvalue weighted by Crippen LogP contribution is -2.40. The fourth-order valence-corrected chi connectivity index (χ4v) is 5.24. The van der Waals surface area contributed by atoms with Crippen LogP contribution in [0.5, 0.6) is 0 Å². The summed E-state index contributed by atoms with van der Waals surface area (Å²) >= 11 is 6.06. The second kappa shape index (κ2) is 10.0. The number of amides is 2. The molecule has 0 N–H and O–H groups in total. The Balaban J connectivity index is 1.48. The summed E-state index contributed by atoms with van der Waals surface area (Å²) in [6.07, 6.45) is 7.43. The highest BCUT2D eigenvalue weighted by molar-refractivity contribution is 6.30. The van der Waals surface area contributed by atoms with Gasteiger partial charge in [0, 0.05) is 48.4 Å². The molecule has 1 aromatic heterocycles. The number of carbonyl (C=O) groups is 2. The summed E-state index contributed by atoms with van der Waals surface area (Å²) in [5.41, 5.74) is 3.17. The number of likely N-dealkylation sites (tertiary alicyclic amines) is 1. The van der Waals surface area contributed by atoms with Gasteiger partial charge >= 0.3 is 0 Å². The Labute approximate surface area is 195 Å². The van der Waals surface area contributed by atoms with E-state index in [0.29, 0.717) is 29.7 Å². The molecule has 6 heteroatoms. The van der Waals surface area contributed by atoms with Crippen LogP contribution in [-0.4, -0.2) is 52.8 Å². The number of carbonyl (C=O) groups excluding carboxylic acids is 2. The molecule has 32 heavy (non-hydrogen) atoms. The molecule has 1 saturated carbocycles. The van der Waals surface area contributed by atoms with Gasteiger partial charge in [-0.1, -0.05) is 36.9 Å². The van der Waals surface area contributed by atoms with Crippen LogP contribution in [0.2, 0.25) is 5.02 Å². The summed E-state index contributed by atoms with van der Waals surface area (Å²) in [6, 6.07) is 11.3. The minimum absolute atomic E-state index is 0.0106. The first-order valence-corrected chi connectivity index (χ1v) is 12.1. The van der Waals surface area contributed by atoms with Crippen molar-refractivity contribution in [1.82, 2.24) is 14.8 Å². The maximum atomic E-state index is 13.4. The molecule has 0 spiro atoms. The molecular formula is C26H32ClN3O2. The van der Waals surface area contributed by atoms with E-state index in [9.17, 15) is 9.59 Å². The van der Waals surface area contributed by atoms with Crippen molar-refractivity contribution in [2.45, 2.75) is 63.8 Å². The van der Waals surface area contributed by atoms with Gasteiger partial charge in [-0.3, -0.25) is 14.6 Å². The van der Waals surface area contributed by atoms with E-state index in [1.807, 2.05) is 35.9 Å². The van der Waals surface area contributed by atoms with Crippen molar-refractivity contribution in [1.29, 1.82) is 0 Å². The van der Waals surface area contributed by atoms with Crippen molar-refractivity contribution >= 4 is 23.4 Å². The van der Waals surface area contributed by atoms with Crippen LogP contribution in [-0.2, 0) is 0 Å². The zero-order valence-corrected chi connectivity index (χ0v) is 19.8. The SMILES string of the molecule is Cc1ccc(C(=O)N(C)C2CCCCC2)c(C2CCN(C(=O)c3cccc(Cl)c3)CC2)n1. The molecule has 2 aliphatic rings. The van der Waals surface area contributed by atoms with E-state index in [-0.39, 0.29) is 17.7 Å². The van der Waals surface area contributed by atoms with Gasteiger partial charge in [0.2, 0.25) is 0 Å². The van der Waals surface area contributed by atoms with Crippen LogP contribution >= 0.6 is 11.6 Å². The Bertz CT molecular complexity index is 979. The molecule has 0 bridgehead atoms. The maximum absolute atomic E-state index is 13.4. The van der Waals surface area contributed by atoms with Crippen LogP contribution in [0.15, 0.2) is 36.4 Å². The van der Waals surface area contributed by atoms with Gasteiger partial charge in [0.25, 0.3) is 11.8 Å². The van der Waals surface area contributed by atoms with Crippen molar-refractivity contribution in [3.63, 3.8) is 0 Å². The average molecular weight is 454 g/mol. The summed E-state index contributed by atoms with van der Waals surface area (Å²) in [5.74, 6) is 0.269. The molecule has 1 aliphatic carbocycles. The Morgan fingerprint density at radius 2 is 1.75 bits per heavy atom. The number of piperidine rings is 1. The topological polar surface area (TPSA) is 53.5 Å². The smallest absolute Gasteiger partial charge is 0.255 e. The molecule has 0 radical (unpaired) electrons. The predicted octanol–water partition coefficient (Wildman–Crippen LogP) is 5.47. The molecule has 0 atom stereocenters. The first-order chi connectivity index (χ1) is 15.4. The lowest BCUT2D eigenvalue weighted by atomic mass is 9.88. The molecule has 170 valence electrons. The van der Waals surface area contributed by atoms with Gasteiger partial charge in [0.05, 0.1) is 11.3 Å². The molecule has 1 saturated heterocycles. The minimum Gasteiger partial charge on any atom is -0.339 e. The highest BCUT2D eigenvalue weighted by atomic mass is 35.5. The van der Waals surface area contributed by atoms with Gasteiger partial charge in [0.15, 0.2) is 0 Å². The number of benzene rings is 1. The summed E-state index contributed by atoms with van der Waals surface area (Å²) in [5, 5.41) is 0.569. The van der Waals surface area contributed by atoms with Crippen LogP contribution < -0.4 is 0 Å². The van der Waals surface area contributed by atoms with E-state index in [2.05, 4.69) is 0 Å². The van der Waals surface area contributed by atoms with Gasteiger partial charge in [-0.15, -0.1) is 0 Å². The van der Waals surface area contributed by atoms with Crippen molar-refractivity contribution < 1.29 is 9.59 Å². The first-order valence-electron chi connectivity index (χ1n) is 11.7. The molecule has 2 heterocycles. The highest BCUT2D eigenvalue weighted by Gasteiger charge is 2.31. The number of aryl methyl sites for hydroxylation is 1. The summed E-state index contributed by atoms with van der Waals surface area (Å²) < 4.78 is 0. The van der Waals surface area contributed by atoms with Gasteiger partial charge in [-0.05, 0) is 62.9 Å². The van der Waals surface area contributed by atoms with Gasteiger partial charge in [-0.2, -0.15) is 0 Å². The third-order valence-electron chi connectivity index (χ3n) is 6.98. The molecule has 0 unspecified atom stereocenters. The zero-order valence-electron chi connectivity index (χ0n) is 19.0. The number of rotatable bonds is 4. The summed E-state index contributed by atoms with van der Waals surface area (Å²) in [6.45, 7) is 3.27. The van der Waals surface area contributed by atoms with Crippen LogP contribution in [0, 0.1) is 6.92 Å². The van der Waals surface area contributed by atoms with Crippen LogP contribution in [0.1, 0.15) is 83.0 Å². The van der Waals surface area contributed by atoms with Crippen LogP contribution in [0.3, 0.4) is 0 Å². The number of pyridine rings is 1. The van der Waals surface area contributed by atoms with Crippen LogP contribution in [0.25, 0.3) is 0 Å². The van der Waals surface area contributed by atoms with Crippen molar-refractivity contribution in [3.8, 4) is 0 Å². The Morgan fingerprint density at radius 1 is 1.03 bits per heavy atom. The second-order valence-electron chi connectivity index (χ2n) is 9.17. The van der Waals surface area contributed by atoms with Crippen molar-refractivity contribution in [2.24, 2.45) is 0 Å². The maximum Gasteiger partial charge on any atom is 0.255 e. The van der Waals surface area contributed by atoms with E-state index in [0.717, 1.165) is 42.6 Å². The Hall–Kier alpha value is -2.40. The van der Waals surface area contributed by atoms with Crippen molar-refractivity contribution in [3.05, 3.63) is 63.9 Å². The fraction of sp³-hybridized carbons (Fsp3) is 0.500. The van der Waals surface area contributed by atoms with E-state index in [4.69, 9.17) is 16.6 Å². The Morgan fingerprint density at radius 3 is 2.44 bits per heavy atom. The van der Waals surface area contributed by atoms with Crippen molar-refractivity contribution in [2.75, 3.05) is 20.1 Å². The third kappa shape index (κ3) is 4.98. The second-order valence-corrected chi connectivity index (χ2v) is 9.61. The summed E-state index contributed by atoms with van der Waals surface area (Å²) in [4.78, 5) is 34.9. The molecule has 1 aromatic carbocycles. The molecule has 2 aromatic rings. The number of aromatic nitrogens is 1.